The van der Waals surface area contributed by atoms with Gasteiger partial charge in [0.2, 0.25) is 0 Å². The summed E-state index contributed by atoms with van der Waals surface area (Å²) in [6.07, 6.45) is 3.47. The lowest BCUT2D eigenvalue weighted by Gasteiger charge is -2.25. The number of benzene rings is 1. The molecule has 0 spiro atoms. The highest BCUT2D eigenvalue weighted by molar-refractivity contribution is 5.13. The van der Waals surface area contributed by atoms with Crippen molar-refractivity contribution in [1.29, 1.82) is 5.26 Å². The number of hydrogen-bond acceptors (Lipinski definition) is 3. The highest BCUT2D eigenvalue weighted by Gasteiger charge is 2.48. The van der Waals surface area contributed by atoms with Crippen molar-refractivity contribution < 1.29 is 9.47 Å². The number of fused-ring (bicyclic) bond motifs is 2. The van der Waals surface area contributed by atoms with Gasteiger partial charge in [-0.3, -0.25) is 0 Å². The molecule has 2 aliphatic rings. The summed E-state index contributed by atoms with van der Waals surface area (Å²) in [5.74, 6) is 0.779. The van der Waals surface area contributed by atoms with Crippen molar-refractivity contribution in [3.8, 4) is 6.07 Å². The van der Waals surface area contributed by atoms with Crippen LogP contribution in [0, 0.1) is 23.2 Å². The third kappa shape index (κ3) is 2.65. The highest BCUT2D eigenvalue weighted by atomic mass is 16.5. The van der Waals surface area contributed by atoms with Gasteiger partial charge in [-0.1, -0.05) is 30.3 Å². The second kappa shape index (κ2) is 5.73. The molecule has 0 aromatic heterocycles. The minimum Gasteiger partial charge on any atom is -0.376 e. The Labute approximate surface area is 114 Å². The van der Waals surface area contributed by atoms with Crippen LogP contribution >= 0.6 is 0 Å². The predicted octanol–water partition coefficient (Wildman–Crippen LogP) is 2.91. The van der Waals surface area contributed by atoms with E-state index in [-0.39, 0.29) is 0 Å². The smallest absolute Gasteiger partial charge is 0.0717 e. The molecule has 100 valence electrons. The van der Waals surface area contributed by atoms with Crippen molar-refractivity contribution in [3.63, 3.8) is 0 Å². The number of hydrogen-bond donors (Lipinski definition) is 0. The maximum Gasteiger partial charge on any atom is 0.0717 e. The SMILES string of the molecule is N#CC[C@H]1[C@@H](COCc2ccccc2)[C@H]2CC[C@@H]1O2. The molecule has 0 amide bonds. The van der Waals surface area contributed by atoms with Crippen LogP contribution < -0.4 is 0 Å². The summed E-state index contributed by atoms with van der Waals surface area (Å²) in [6.45, 7) is 1.36. The Morgan fingerprint density at radius 2 is 1.89 bits per heavy atom. The number of nitrogens with zero attached hydrogens (tertiary/aromatic N) is 1. The van der Waals surface area contributed by atoms with Crippen molar-refractivity contribution >= 4 is 0 Å². The molecule has 0 radical (unpaired) electrons. The summed E-state index contributed by atoms with van der Waals surface area (Å²) in [4.78, 5) is 0. The van der Waals surface area contributed by atoms with Gasteiger partial charge in [0.25, 0.3) is 0 Å². The Hall–Kier alpha value is -1.37. The Morgan fingerprint density at radius 1 is 1.16 bits per heavy atom. The van der Waals surface area contributed by atoms with E-state index in [4.69, 9.17) is 14.7 Å². The van der Waals surface area contributed by atoms with Crippen molar-refractivity contribution in [2.45, 2.75) is 38.1 Å². The first-order valence-electron chi connectivity index (χ1n) is 7.02. The zero-order valence-corrected chi connectivity index (χ0v) is 11.0. The lowest BCUT2D eigenvalue weighted by atomic mass is 9.78. The van der Waals surface area contributed by atoms with Crippen LogP contribution in [-0.2, 0) is 16.1 Å². The number of nitriles is 1. The summed E-state index contributed by atoms with van der Waals surface area (Å²) in [7, 11) is 0. The quantitative estimate of drug-likeness (QED) is 0.814. The first-order chi connectivity index (χ1) is 9.38. The molecule has 3 rings (SSSR count). The maximum atomic E-state index is 8.93. The molecule has 0 saturated carbocycles. The second-order valence-electron chi connectivity index (χ2n) is 5.48. The molecule has 4 atom stereocenters. The molecule has 19 heavy (non-hydrogen) atoms. The van der Waals surface area contributed by atoms with Gasteiger partial charge in [0.05, 0.1) is 31.5 Å². The van der Waals surface area contributed by atoms with E-state index in [2.05, 4.69) is 18.2 Å². The third-order valence-corrected chi connectivity index (χ3v) is 4.34. The van der Waals surface area contributed by atoms with E-state index in [1.54, 1.807) is 0 Å². The van der Waals surface area contributed by atoms with Crippen LogP contribution in [0.2, 0.25) is 0 Å². The Bertz CT molecular complexity index is 454. The lowest BCUT2D eigenvalue weighted by Crippen LogP contribution is -2.30. The third-order valence-electron chi connectivity index (χ3n) is 4.34. The van der Waals surface area contributed by atoms with Gasteiger partial charge in [-0.15, -0.1) is 0 Å². The lowest BCUT2D eigenvalue weighted by molar-refractivity contribution is 0.0420. The van der Waals surface area contributed by atoms with Crippen molar-refractivity contribution in [2.24, 2.45) is 11.8 Å². The average molecular weight is 257 g/mol. The van der Waals surface area contributed by atoms with Gasteiger partial charge >= 0.3 is 0 Å². The first-order valence-corrected chi connectivity index (χ1v) is 7.02. The van der Waals surface area contributed by atoms with Crippen LogP contribution in [-0.4, -0.2) is 18.8 Å². The van der Waals surface area contributed by atoms with Gasteiger partial charge in [-0.2, -0.15) is 5.26 Å². The molecular weight excluding hydrogens is 238 g/mol. The second-order valence-corrected chi connectivity index (χ2v) is 5.48. The normalized spacial score (nSPS) is 32.4. The van der Waals surface area contributed by atoms with Crippen LogP contribution in [0.4, 0.5) is 0 Å². The van der Waals surface area contributed by atoms with E-state index in [1.165, 1.54) is 5.56 Å². The standard InChI is InChI=1S/C16H19NO2/c17-9-8-13-14(16-7-6-15(13)19-16)11-18-10-12-4-2-1-3-5-12/h1-5,13-16H,6-8,10-11H2/t13-,14+,15-,16+/m0/s1. The number of ether oxygens (including phenoxy) is 2. The van der Waals surface area contributed by atoms with Crippen molar-refractivity contribution in [1.82, 2.24) is 0 Å². The molecule has 1 aromatic carbocycles. The zero-order chi connectivity index (χ0) is 13.1. The largest absolute Gasteiger partial charge is 0.376 e. The van der Waals surface area contributed by atoms with Crippen LogP contribution in [0.1, 0.15) is 24.8 Å². The molecule has 0 unspecified atom stereocenters. The zero-order valence-electron chi connectivity index (χ0n) is 11.0. The molecule has 1 aromatic rings. The summed E-state index contributed by atoms with van der Waals surface area (Å²) in [5.41, 5.74) is 1.20. The Balaban J connectivity index is 1.53. The molecule has 2 bridgehead atoms. The van der Waals surface area contributed by atoms with Crippen LogP contribution in [0.15, 0.2) is 30.3 Å². The van der Waals surface area contributed by atoms with E-state index >= 15 is 0 Å². The van der Waals surface area contributed by atoms with Crippen molar-refractivity contribution in [3.05, 3.63) is 35.9 Å². The van der Waals surface area contributed by atoms with E-state index in [9.17, 15) is 0 Å². The van der Waals surface area contributed by atoms with Gasteiger partial charge in [-0.25, -0.2) is 0 Å². The summed E-state index contributed by atoms with van der Waals surface area (Å²) in [5, 5.41) is 8.93. The number of rotatable bonds is 5. The van der Waals surface area contributed by atoms with E-state index < -0.39 is 0 Å². The molecule has 2 aliphatic heterocycles. The van der Waals surface area contributed by atoms with E-state index in [0.29, 0.717) is 43.7 Å². The molecule has 0 aliphatic carbocycles. The fourth-order valence-corrected chi connectivity index (χ4v) is 3.38. The summed E-state index contributed by atoms with van der Waals surface area (Å²) in [6, 6.07) is 12.5. The maximum absolute atomic E-state index is 8.93. The summed E-state index contributed by atoms with van der Waals surface area (Å²) < 4.78 is 11.8. The van der Waals surface area contributed by atoms with E-state index in [0.717, 1.165) is 12.8 Å². The average Bonchev–Trinajstić information content (AvgIpc) is 3.03. The molecule has 2 saturated heterocycles. The van der Waals surface area contributed by atoms with E-state index in [1.807, 2.05) is 18.2 Å². The topological polar surface area (TPSA) is 42.2 Å². The van der Waals surface area contributed by atoms with Gasteiger partial charge in [0, 0.05) is 18.3 Å². The first kappa shape index (κ1) is 12.7. The molecule has 3 nitrogen and oxygen atoms in total. The molecule has 0 N–H and O–H groups in total. The Morgan fingerprint density at radius 3 is 2.63 bits per heavy atom. The van der Waals surface area contributed by atoms with Crippen LogP contribution in [0.5, 0.6) is 0 Å². The van der Waals surface area contributed by atoms with Gasteiger partial charge in [0.15, 0.2) is 0 Å². The van der Waals surface area contributed by atoms with Gasteiger partial charge < -0.3 is 9.47 Å². The fourth-order valence-electron chi connectivity index (χ4n) is 3.38. The molecular formula is C16H19NO2. The molecule has 3 heteroatoms. The monoisotopic (exact) mass is 257 g/mol. The van der Waals surface area contributed by atoms with Crippen molar-refractivity contribution in [2.75, 3.05) is 6.61 Å². The fraction of sp³-hybridized carbons (Fsp3) is 0.562. The predicted molar refractivity (Wildman–Crippen MR) is 71.2 cm³/mol. The molecule has 2 heterocycles. The Kier molecular flexibility index (Phi) is 3.82. The van der Waals surface area contributed by atoms with Gasteiger partial charge in [-0.05, 0) is 18.4 Å². The van der Waals surface area contributed by atoms with Gasteiger partial charge in [0.1, 0.15) is 0 Å². The minimum atomic E-state index is 0.301. The molecule has 2 fully saturated rings. The minimum absolute atomic E-state index is 0.301. The van der Waals surface area contributed by atoms with Crippen LogP contribution in [0.25, 0.3) is 0 Å². The summed E-state index contributed by atoms with van der Waals surface area (Å²) >= 11 is 0. The highest BCUT2D eigenvalue weighted by Crippen LogP contribution is 2.44. The van der Waals surface area contributed by atoms with Crippen LogP contribution in [0.3, 0.4) is 0 Å².